The number of hydrogen-bond donors (Lipinski definition) is 2. The summed E-state index contributed by atoms with van der Waals surface area (Å²) in [5.74, 6) is 0.560. The largest absolute Gasteiger partial charge is 0.338 e. The lowest BCUT2D eigenvalue weighted by molar-refractivity contribution is 0.252. The molecule has 15 heavy (non-hydrogen) atoms. The zero-order valence-electron chi connectivity index (χ0n) is 8.72. The fourth-order valence-corrected chi connectivity index (χ4v) is 1.30. The number of benzene rings is 1. The summed E-state index contributed by atoms with van der Waals surface area (Å²) in [5, 5.41) is 5.47. The second-order valence-electron chi connectivity index (χ2n) is 3.29. The van der Waals surface area contributed by atoms with Gasteiger partial charge in [0.05, 0.1) is 0 Å². The Balaban J connectivity index is 2.37. The highest BCUT2D eigenvalue weighted by molar-refractivity contribution is 6.17. The molecule has 0 heterocycles. The molecular weight excluding hydrogens is 212 g/mol. The summed E-state index contributed by atoms with van der Waals surface area (Å²) in [6, 6.07) is 7.47. The Kier molecular flexibility index (Phi) is 4.98. The van der Waals surface area contributed by atoms with E-state index in [1.165, 1.54) is 0 Å². The fourth-order valence-electron chi connectivity index (χ4n) is 1.17. The lowest BCUT2D eigenvalue weighted by Gasteiger charge is -2.07. The first-order valence-electron chi connectivity index (χ1n) is 4.90. The SMILES string of the molecule is Cc1cccc(NC(=O)NCCCCl)c1. The van der Waals surface area contributed by atoms with Gasteiger partial charge < -0.3 is 10.6 Å². The predicted molar refractivity (Wildman–Crippen MR) is 63.5 cm³/mol. The van der Waals surface area contributed by atoms with E-state index in [4.69, 9.17) is 11.6 Å². The van der Waals surface area contributed by atoms with E-state index in [0.717, 1.165) is 17.7 Å². The van der Waals surface area contributed by atoms with Gasteiger partial charge in [-0.1, -0.05) is 12.1 Å². The zero-order valence-corrected chi connectivity index (χ0v) is 9.47. The second-order valence-corrected chi connectivity index (χ2v) is 3.67. The molecule has 0 aliphatic heterocycles. The van der Waals surface area contributed by atoms with Crippen molar-refractivity contribution < 1.29 is 4.79 Å². The van der Waals surface area contributed by atoms with Crippen LogP contribution in [-0.2, 0) is 0 Å². The van der Waals surface area contributed by atoms with Crippen LogP contribution in [-0.4, -0.2) is 18.5 Å². The summed E-state index contributed by atoms with van der Waals surface area (Å²) in [5.41, 5.74) is 1.92. The van der Waals surface area contributed by atoms with Gasteiger partial charge in [-0.2, -0.15) is 0 Å². The van der Waals surface area contributed by atoms with Crippen LogP contribution >= 0.6 is 11.6 Å². The minimum absolute atomic E-state index is 0.189. The maximum Gasteiger partial charge on any atom is 0.319 e. The molecule has 0 unspecified atom stereocenters. The van der Waals surface area contributed by atoms with Crippen LogP contribution in [0.5, 0.6) is 0 Å². The number of nitrogens with one attached hydrogen (secondary N) is 2. The smallest absolute Gasteiger partial charge is 0.319 e. The number of carbonyl (C=O) groups is 1. The molecule has 4 heteroatoms. The van der Waals surface area contributed by atoms with Gasteiger partial charge in [-0.05, 0) is 31.0 Å². The van der Waals surface area contributed by atoms with Crippen LogP contribution in [0.2, 0.25) is 0 Å². The number of aryl methyl sites for hydroxylation is 1. The van der Waals surface area contributed by atoms with Crippen LogP contribution in [0.3, 0.4) is 0 Å². The van der Waals surface area contributed by atoms with Gasteiger partial charge >= 0.3 is 6.03 Å². The Morgan fingerprint density at radius 3 is 2.93 bits per heavy atom. The van der Waals surface area contributed by atoms with Crippen molar-refractivity contribution in [3.63, 3.8) is 0 Å². The van der Waals surface area contributed by atoms with Crippen molar-refractivity contribution in [3.05, 3.63) is 29.8 Å². The average molecular weight is 227 g/mol. The van der Waals surface area contributed by atoms with Crippen LogP contribution in [0.4, 0.5) is 10.5 Å². The number of anilines is 1. The summed E-state index contributed by atoms with van der Waals surface area (Å²) in [6.07, 6.45) is 0.781. The summed E-state index contributed by atoms with van der Waals surface area (Å²) < 4.78 is 0. The molecule has 0 saturated heterocycles. The van der Waals surface area contributed by atoms with Gasteiger partial charge in [0.2, 0.25) is 0 Å². The summed E-state index contributed by atoms with van der Waals surface area (Å²) >= 11 is 5.49. The topological polar surface area (TPSA) is 41.1 Å². The normalized spacial score (nSPS) is 9.73. The molecule has 2 N–H and O–H groups in total. The molecule has 0 aromatic heterocycles. The number of urea groups is 1. The monoisotopic (exact) mass is 226 g/mol. The number of hydrogen-bond acceptors (Lipinski definition) is 1. The van der Waals surface area contributed by atoms with Gasteiger partial charge in [-0.3, -0.25) is 0 Å². The number of carbonyl (C=O) groups excluding carboxylic acids is 1. The molecule has 1 aromatic carbocycles. The molecule has 2 amide bonds. The minimum Gasteiger partial charge on any atom is -0.338 e. The Labute approximate surface area is 94.8 Å². The van der Waals surface area contributed by atoms with Crippen molar-refractivity contribution in [3.8, 4) is 0 Å². The van der Waals surface area contributed by atoms with Crippen LogP contribution < -0.4 is 10.6 Å². The third kappa shape index (κ3) is 4.70. The van der Waals surface area contributed by atoms with E-state index in [0.29, 0.717) is 12.4 Å². The van der Waals surface area contributed by atoms with Crippen molar-refractivity contribution >= 4 is 23.3 Å². The number of alkyl halides is 1. The van der Waals surface area contributed by atoms with Crippen LogP contribution in [0, 0.1) is 6.92 Å². The first-order chi connectivity index (χ1) is 7.22. The van der Waals surface area contributed by atoms with Gasteiger partial charge in [0, 0.05) is 18.1 Å². The molecular formula is C11H15ClN2O. The van der Waals surface area contributed by atoms with Gasteiger partial charge in [0.1, 0.15) is 0 Å². The van der Waals surface area contributed by atoms with E-state index >= 15 is 0 Å². The summed E-state index contributed by atoms with van der Waals surface area (Å²) in [6.45, 7) is 2.58. The lowest BCUT2D eigenvalue weighted by Crippen LogP contribution is -2.29. The minimum atomic E-state index is -0.189. The predicted octanol–water partition coefficient (Wildman–Crippen LogP) is 2.75. The third-order valence-electron chi connectivity index (χ3n) is 1.87. The molecule has 82 valence electrons. The number of amides is 2. The van der Waals surface area contributed by atoms with E-state index in [1.807, 2.05) is 31.2 Å². The van der Waals surface area contributed by atoms with Gasteiger partial charge in [-0.25, -0.2) is 4.79 Å². The van der Waals surface area contributed by atoms with Crippen LogP contribution in [0.1, 0.15) is 12.0 Å². The Morgan fingerprint density at radius 1 is 1.47 bits per heavy atom. The van der Waals surface area contributed by atoms with Crippen molar-refractivity contribution in [2.75, 3.05) is 17.7 Å². The van der Waals surface area contributed by atoms with Gasteiger partial charge in [0.15, 0.2) is 0 Å². The zero-order chi connectivity index (χ0) is 11.1. The van der Waals surface area contributed by atoms with Crippen molar-refractivity contribution in [1.82, 2.24) is 5.32 Å². The standard InChI is InChI=1S/C11H15ClN2O/c1-9-4-2-5-10(8-9)14-11(15)13-7-3-6-12/h2,4-5,8H,3,6-7H2,1H3,(H2,13,14,15). The first kappa shape index (κ1) is 11.9. The van der Waals surface area contributed by atoms with Crippen LogP contribution in [0.15, 0.2) is 24.3 Å². The van der Waals surface area contributed by atoms with E-state index in [1.54, 1.807) is 0 Å². The maximum atomic E-state index is 11.3. The highest BCUT2D eigenvalue weighted by atomic mass is 35.5. The van der Waals surface area contributed by atoms with E-state index < -0.39 is 0 Å². The quantitative estimate of drug-likeness (QED) is 0.602. The van der Waals surface area contributed by atoms with E-state index in [2.05, 4.69) is 10.6 Å². The second kappa shape index (κ2) is 6.30. The van der Waals surface area contributed by atoms with Crippen LogP contribution in [0.25, 0.3) is 0 Å². The van der Waals surface area contributed by atoms with Crippen molar-refractivity contribution in [1.29, 1.82) is 0 Å². The molecule has 0 radical (unpaired) electrons. The fraction of sp³-hybridized carbons (Fsp3) is 0.364. The molecule has 0 bridgehead atoms. The van der Waals surface area contributed by atoms with Crippen molar-refractivity contribution in [2.24, 2.45) is 0 Å². The van der Waals surface area contributed by atoms with E-state index in [-0.39, 0.29) is 6.03 Å². The molecule has 0 aliphatic rings. The first-order valence-corrected chi connectivity index (χ1v) is 5.43. The maximum absolute atomic E-state index is 11.3. The molecule has 1 rings (SSSR count). The van der Waals surface area contributed by atoms with E-state index in [9.17, 15) is 4.79 Å². The Bertz CT molecular complexity index is 328. The average Bonchev–Trinajstić information content (AvgIpc) is 2.18. The summed E-state index contributed by atoms with van der Waals surface area (Å²) in [4.78, 5) is 11.3. The third-order valence-corrected chi connectivity index (χ3v) is 2.14. The molecule has 0 atom stereocenters. The van der Waals surface area contributed by atoms with Gasteiger partial charge in [-0.15, -0.1) is 11.6 Å². The number of halogens is 1. The van der Waals surface area contributed by atoms with Crippen molar-refractivity contribution in [2.45, 2.75) is 13.3 Å². The number of rotatable bonds is 4. The van der Waals surface area contributed by atoms with Gasteiger partial charge in [0.25, 0.3) is 0 Å². The molecule has 0 saturated carbocycles. The summed E-state index contributed by atoms with van der Waals surface area (Å²) in [7, 11) is 0. The Hall–Kier alpha value is -1.22. The molecule has 0 aliphatic carbocycles. The highest BCUT2D eigenvalue weighted by Gasteiger charge is 1.99. The Morgan fingerprint density at radius 2 is 2.27 bits per heavy atom. The molecule has 0 fully saturated rings. The highest BCUT2D eigenvalue weighted by Crippen LogP contribution is 2.08. The molecule has 3 nitrogen and oxygen atoms in total. The molecule has 0 spiro atoms. The lowest BCUT2D eigenvalue weighted by atomic mass is 10.2. The molecule has 1 aromatic rings.